The van der Waals surface area contributed by atoms with Crippen molar-refractivity contribution in [1.82, 2.24) is 4.90 Å². The molecule has 0 unspecified atom stereocenters. The van der Waals surface area contributed by atoms with E-state index in [4.69, 9.17) is 10.00 Å². The number of nitriles is 1. The highest BCUT2D eigenvalue weighted by atomic mass is 32.1. The lowest BCUT2D eigenvalue weighted by Crippen LogP contribution is -2.27. The molecule has 0 radical (unpaired) electrons. The van der Waals surface area contributed by atoms with E-state index in [0.29, 0.717) is 29.6 Å². The molecule has 25 heavy (non-hydrogen) atoms. The molecule has 2 aromatic rings. The molecule has 1 aliphatic heterocycles. The number of hydrogen-bond donors (Lipinski definition) is 1. The average molecular weight is 355 g/mol. The third-order valence-electron chi connectivity index (χ3n) is 4.51. The third-order valence-corrected chi connectivity index (χ3v) is 5.34. The van der Waals surface area contributed by atoms with Gasteiger partial charge in [-0.25, -0.2) is 0 Å². The Balaban J connectivity index is 1.58. The van der Waals surface area contributed by atoms with Crippen LogP contribution in [0, 0.1) is 11.3 Å². The molecule has 0 bridgehead atoms. The molecular formula is C19H21N3O2S. The van der Waals surface area contributed by atoms with Gasteiger partial charge in [0.05, 0.1) is 12.7 Å². The molecular weight excluding hydrogens is 334 g/mol. The number of thiophene rings is 1. The van der Waals surface area contributed by atoms with Gasteiger partial charge >= 0.3 is 0 Å². The van der Waals surface area contributed by atoms with Gasteiger partial charge in [0.15, 0.2) is 0 Å². The van der Waals surface area contributed by atoms with E-state index in [0.717, 1.165) is 25.1 Å². The SMILES string of the molecule is COc1cccc([C@H]2CCCN2CCC(=O)Nc2sccc2C#N)c1. The lowest BCUT2D eigenvalue weighted by atomic mass is 10.0. The fourth-order valence-electron chi connectivity index (χ4n) is 3.25. The van der Waals surface area contributed by atoms with Crippen LogP contribution in [0.2, 0.25) is 0 Å². The Morgan fingerprint density at radius 2 is 2.36 bits per heavy atom. The number of anilines is 1. The minimum absolute atomic E-state index is 0.0461. The molecule has 1 aromatic heterocycles. The van der Waals surface area contributed by atoms with Crippen molar-refractivity contribution in [3.63, 3.8) is 0 Å². The molecule has 6 heteroatoms. The van der Waals surface area contributed by atoms with E-state index in [1.807, 2.05) is 17.5 Å². The van der Waals surface area contributed by atoms with Crippen LogP contribution in [0.5, 0.6) is 5.75 Å². The number of amides is 1. The Morgan fingerprint density at radius 3 is 3.16 bits per heavy atom. The Bertz CT molecular complexity index is 781. The van der Waals surface area contributed by atoms with Crippen LogP contribution in [0.3, 0.4) is 0 Å². The molecule has 1 fully saturated rings. The fraction of sp³-hybridized carbons (Fsp3) is 0.368. The summed E-state index contributed by atoms with van der Waals surface area (Å²) in [5, 5.41) is 14.3. The van der Waals surface area contributed by atoms with Gasteiger partial charge in [0.2, 0.25) is 5.91 Å². The minimum atomic E-state index is -0.0461. The van der Waals surface area contributed by atoms with E-state index in [2.05, 4.69) is 28.4 Å². The highest BCUT2D eigenvalue weighted by molar-refractivity contribution is 7.14. The number of ether oxygens (including phenoxy) is 1. The summed E-state index contributed by atoms with van der Waals surface area (Å²) in [6.45, 7) is 1.71. The largest absolute Gasteiger partial charge is 0.497 e. The molecule has 0 spiro atoms. The van der Waals surface area contributed by atoms with Gasteiger partial charge in [-0.2, -0.15) is 5.26 Å². The summed E-state index contributed by atoms with van der Waals surface area (Å²) in [5.41, 5.74) is 1.76. The van der Waals surface area contributed by atoms with Gasteiger partial charge in [-0.05, 0) is 48.5 Å². The van der Waals surface area contributed by atoms with Crippen molar-refractivity contribution in [2.45, 2.75) is 25.3 Å². The first-order chi connectivity index (χ1) is 12.2. The molecule has 1 atom stereocenters. The summed E-state index contributed by atoms with van der Waals surface area (Å²) in [6, 6.07) is 12.3. The van der Waals surface area contributed by atoms with Crippen LogP contribution in [0.25, 0.3) is 0 Å². The number of likely N-dealkylation sites (tertiary alicyclic amines) is 1. The normalized spacial score (nSPS) is 17.2. The first-order valence-electron chi connectivity index (χ1n) is 8.36. The van der Waals surface area contributed by atoms with E-state index in [9.17, 15) is 4.79 Å². The second-order valence-electron chi connectivity index (χ2n) is 6.04. The number of benzene rings is 1. The fourth-order valence-corrected chi connectivity index (χ4v) is 4.00. The van der Waals surface area contributed by atoms with Crippen LogP contribution in [-0.4, -0.2) is 31.0 Å². The van der Waals surface area contributed by atoms with Gasteiger partial charge in [-0.15, -0.1) is 11.3 Å². The van der Waals surface area contributed by atoms with Crippen LogP contribution in [0.1, 0.15) is 36.4 Å². The van der Waals surface area contributed by atoms with E-state index >= 15 is 0 Å². The number of carbonyl (C=O) groups excluding carboxylic acids is 1. The highest BCUT2D eigenvalue weighted by Gasteiger charge is 2.26. The standard InChI is InChI=1S/C19H21N3O2S/c1-24-16-5-2-4-14(12-16)17-6-3-9-22(17)10-7-18(23)21-19-15(13-20)8-11-25-19/h2,4-5,8,11-12,17H,3,6-7,9-10H2,1H3,(H,21,23)/t17-/m1/s1. The average Bonchev–Trinajstić information content (AvgIpc) is 3.28. The van der Waals surface area contributed by atoms with Crippen molar-refractivity contribution < 1.29 is 9.53 Å². The molecule has 0 saturated carbocycles. The molecule has 5 nitrogen and oxygen atoms in total. The molecule has 130 valence electrons. The Kier molecular flexibility index (Phi) is 5.69. The number of methoxy groups -OCH3 is 1. The second kappa shape index (κ2) is 8.15. The van der Waals surface area contributed by atoms with Crippen LogP contribution in [0.4, 0.5) is 5.00 Å². The van der Waals surface area contributed by atoms with E-state index in [1.165, 1.54) is 16.9 Å². The Hall–Kier alpha value is -2.36. The molecule has 1 aliphatic rings. The Labute approximate surface area is 151 Å². The molecule has 3 rings (SSSR count). The van der Waals surface area contributed by atoms with Crippen LogP contribution < -0.4 is 10.1 Å². The second-order valence-corrected chi connectivity index (χ2v) is 6.96. The van der Waals surface area contributed by atoms with E-state index < -0.39 is 0 Å². The number of nitrogens with zero attached hydrogens (tertiary/aromatic N) is 2. The molecule has 0 aliphatic carbocycles. The summed E-state index contributed by atoms with van der Waals surface area (Å²) >= 11 is 1.38. The quantitative estimate of drug-likeness (QED) is 0.856. The maximum absolute atomic E-state index is 12.2. The monoisotopic (exact) mass is 355 g/mol. The summed E-state index contributed by atoms with van der Waals surface area (Å²) in [7, 11) is 1.68. The number of carbonyl (C=O) groups is 1. The molecule has 1 N–H and O–H groups in total. The smallest absolute Gasteiger partial charge is 0.226 e. The van der Waals surface area contributed by atoms with Crippen molar-refractivity contribution >= 4 is 22.2 Å². The van der Waals surface area contributed by atoms with Gasteiger partial charge in [0.1, 0.15) is 16.8 Å². The van der Waals surface area contributed by atoms with Crippen molar-refractivity contribution in [2.24, 2.45) is 0 Å². The third kappa shape index (κ3) is 4.19. The highest BCUT2D eigenvalue weighted by Crippen LogP contribution is 2.33. The van der Waals surface area contributed by atoms with Crippen molar-refractivity contribution in [1.29, 1.82) is 5.26 Å². The van der Waals surface area contributed by atoms with Crippen molar-refractivity contribution in [2.75, 3.05) is 25.5 Å². The first kappa shape index (κ1) is 17.5. The lowest BCUT2D eigenvalue weighted by Gasteiger charge is -2.24. The number of nitrogens with one attached hydrogen (secondary N) is 1. The number of hydrogen-bond acceptors (Lipinski definition) is 5. The van der Waals surface area contributed by atoms with Gasteiger partial charge in [-0.1, -0.05) is 12.1 Å². The van der Waals surface area contributed by atoms with Gasteiger partial charge in [0, 0.05) is 19.0 Å². The van der Waals surface area contributed by atoms with Crippen LogP contribution >= 0.6 is 11.3 Å². The van der Waals surface area contributed by atoms with Crippen LogP contribution in [-0.2, 0) is 4.79 Å². The summed E-state index contributed by atoms with van der Waals surface area (Å²) in [4.78, 5) is 14.6. The molecule has 2 heterocycles. The zero-order chi connectivity index (χ0) is 17.6. The Morgan fingerprint density at radius 1 is 1.48 bits per heavy atom. The van der Waals surface area contributed by atoms with E-state index in [1.54, 1.807) is 13.2 Å². The summed E-state index contributed by atoms with van der Waals surface area (Å²) in [6.07, 6.45) is 2.65. The molecule has 1 amide bonds. The van der Waals surface area contributed by atoms with Gasteiger partial charge in [-0.3, -0.25) is 9.69 Å². The summed E-state index contributed by atoms with van der Waals surface area (Å²) < 4.78 is 5.32. The summed E-state index contributed by atoms with van der Waals surface area (Å²) in [5.74, 6) is 0.819. The lowest BCUT2D eigenvalue weighted by molar-refractivity contribution is -0.116. The first-order valence-corrected chi connectivity index (χ1v) is 9.24. The topological polar surface area (TPSA) is 65.4 Å². The maximum atomic E-state index is 12.2. The predicted octanol–water partition coefficient (Wildman–Crippen LogP) is 3.79. The maximum Gasteiger partial charge on any atom is 0.226 e. The minimum Gasteiger partial charge on any atom is -0.497 e. The number of rotatable bonds is 6. The van der Waals surface area contributed by atoms with Crippen molar-refractivity contribution in [3.05, 3.63) is 46.8 Å². The van der Waals surface area contributed by atoms with Gasteiger partial charge in [0.25, 0.3) is 0 Å². The molecule has 1 aromatic carbocycles. The van der Waals surface area contributed by atoms with Crippen molar-refractivity contribution in [3.8, 4) is 11.8 Å². The zero-order valence-corrected chi connectivity index (χ0v) is 15.0. The van der Waals surface area contributed by atoms with E-state index in [-0.39, 0.29) is 5.91 Å². The van der Waals surface area contributed by atoms with Gasteiger partial charge < -0.3 is 10.1 Å². The molecule has 1 saturated heterocycles. The predicted molar refractivity (Wildman–Crippen MR) is 98.8 cm³/mol. The van der Waals surface area contributed by atoms with Crippen LogP contribution in [0.15, 0.2) is 35.7 Å². The zero-order valence-electron chi connectivity index (χ0n) is 14.2.